The Morgan fingerprint density at radius 1 is 0.974 bits per heavy atom. The highest BCUT2D eigenvalue weighted by Gasteiger charge is 2.37. The zero-order chi connectivity index (χ0) is 26.5. The number of halogens is 2. The normalized spacial score (nSPS) is 19.4. The first-order valence-corrected chi connectivity index (χ1v) is 13.8. The molecule has 0 aliphatic carbocycles. The Labute approximate surface area is 233 Å². The molecule has 0 spiro atoms. The number of carbonyl (C=O) groups excluding carboxylic acids is 2. The second-order valence-electron chi connectivity index (χ2n) is 9.86. The lowest BCUT2D eigenvalue weighted by atomic mass is 9.95. The standard InChI is InChI=1S/C30H31Cl2N3O3/c31-24-13-12-22(25(32)17-24)18-34-16-6-9-23(19-34)30(37)35-20-28(38-27-11-5-4-10-26(27)35)29(36)33-15-14-21-7-2-1-3-8-21/h1-5,7-8,10-13,17,23,28H,6,9,14-16,18-20H2,(H,33,36)/t23-,28-/m0/s1. The molecule has 38 heavy (non-hydrogen) atoms. The van der Waals surface area contributed by atoms with Crippen LogP contribution < -0.4 is 15.0 Å². The number of fused-ring (bicyclic) bond motifs is 1. The van der Waals surface area contributed by atoms with E-state index in [1.54, 1.807) is 11.0 Å². The van der Waals surface area contributed by atoms with Crippen LogP contribution in [0.2, 0.25) is 10.0 Å². The van der Waals surface area contributed by atoms with Gasteiger partial charge in [0.1, 0.15) is 5.75 Å². The van der Waals surface area contributed by atoms with Gasteiger partial charge in [0, 0.05) is 29.7 Å². The van der Waals surface area contributed by atoms with E-state index in [4.69, 9.17) is 27.9 Å². The Balaban J connectivity index is 1.25. The van der Waals surface area contributed by atoms with Crippen molar-refractivity contribution in [2.75, 3.05) is 31.1 Å². The van der Waals surface area contributed by atoms with Crippen LogP contribution in [0.1, 0.15) is 24.0 Å². The lowest BCUT2D eigenvalue weighted by Gasteiger charge is -2.38. The quantitative estimate of drug-likeness (QED) is 0.429. The number of para-hydroxylation sites is 2. The van der Waals surface area contributed by atoms with E-state index in [-0.39, 0.29) is 24.3 Å². The van der Waals surface area contributed by atoms with Crippen LogP contribution in [-0.4, -0.2) is 49.0 Å². The number of rotatable bonds is 7. The van der Waals surface area contributed by atoms with Gasteiger partial charge in [-0.2, -0.15) is 0 Å². The molecular formula is C30H31Cl2N3O3. The molecule has 3 aromatic rings. The molecule has 198 valence electrons. The Kier molecular flexibility index (Phi) is 8.52. The van der Waals surface area contributed by atoms with Crippen molar-refractivity contribution in [3.8, 4) is 5.75 Å². The largest absolute Gasteiger partial charge is 0.477 e. The number of hydrogen-bond donors (Lipinski definition) is 1. The topological polar surface area (TPSA) is 61.9 Å². The van der Waals surface area contributed by atoms with Crippen molar-refractivity contribution in [3.63, 3.8) is 0 Å². The molecule has 2 aliphatic rings. The van der Waals surface area contributed by atoms with Gasteiger partial charge < -0.3 is 15.0 Å². The summed E-state index contributed by atoms with van der Waals surface area (Å²) in [6, 6.07) is 23.0. The summed E-state index contributed by atoms with van der Waals surface area (Å²) in [5.74, 6) is 0.185. The third-order valence-corrected chi connectivity index (χ3v) is 7.74. The fraction of sp³-hybridized carbons (Fsp3) is 0.333. The van der Waals surface area contributed by atoms with Crippen molar-refractivity contribution in [2.45, 2.75) is 31.9 Å². The first-order valence-electron chi connectivity index (χ1n) is 13.0. The van der Waals surface area contributed by atoms with Crippen molar-refractivity contribution < 1.29 is 14.3 Å². The fourth-order valence-electron chi connectivity index (χ4n) is 5.18. The average molecular weight is 553 g/mol. The smallest absolute Gasteiger partial charge is 0.262 e. The predicted octanol–water partition coefficient (Wildman–Crippen LogP) is 5.36. The molecular weight excluding hydrogens is 521 g/mol. The number of anilines is 1. The van der Waals surface area contributed by atoms with Crippen molar-refractivity contribution in [3.05, 3.63) is 94.0 Å². The van der Waals surface area contributed by atoms with Crippen molar-refractivity contribution in [2.24, 2.45) is 5.92 Å². The summed E-state index contributed by atoms with van der Waals surface area (Å²) in [5, 5.41) is 4.22. The van der Waals surface area contributed by atoms with Gasteiger partial charge in [-0.1, -0.05) is 71.7 Å². The molecule has 2 atom stereocenters. The molecule has 1 N–H and O–H groups in total. The minimum atomic E-state index is -0.766. The van der Waals surface area contributed by atoms with Gasteiger partial charge in [0.25, 0.3) is 5.91 Å². The molecule has 3 aromatic carbocycles. The highest BCUT2D eigenvalue weighted by Crippen LogP contribution is 2.35. The number of nitrogens with zero attached hydrogens (tertiary/aromatic N) is 2. The summed E-state index contributed by atoms with van der Waals surface area (Å²) in [7, 11) is 0. The van der Waals surface area contributed by atoms with Crippen LogP contribution in [0.25, 0.3) is 0 Å². The molecule has 0 bridgehead atoms. The number of ether oxygens (including phenoxy) is 1. The van der Waals surface area contributed by atoms with E-state index in [9.17, 15) is 9.59 Å². The van der Waals surface area contributed by atoms with Crippen LogP contribution in [0.5, 0.6) is 5.75 Å². The van der Waals surface area contributed by atoms with Gasteiger partial charge >= 0.3 is 0 Å². The number of amides is 2. The van der Waals surface area contributed by atoms with Crippen LogP contribution in [0.3, 0.4) is 0 Å². The minimum absolute atomic E-state index is 0.0229. The molecule has 2 amide bonds. The molecule has 0 unspecified atom stereocenters. The van der Waals surface area contributed by atoms with Crippen LogP contribution in [0.4, 0.5) is 5.69 Å². The molecule has 8 heteroatoms. The second-order valence-corrected chi connectivity index (χ2v) is 10.7. The first-order chi connectivity index (χ1) is 18.5. The summed E-state index contributed by atoms with van der Waals surface area (Å²) in [6.45, 7) is 2.88. The molecule has 0 saturated carbocycles. The Bertz CT molecular complexity index is 1290. The summed E-state index contributed by atoms with van der Waals surface area (Å²) in [4.78, 5) is 30.9. The van der Waals surface area contributed by atoms with E-state index in [0.717, 1.165) is 36.9 Å². The molecule has 6 nitrogen and oxygen atoms in total. The molecule has 2 aliphatic heterocycles. The van der Waals surface area contributed by atoms with E-state index in [0.29, 0.717) is 41.1 Å². The number of likely N-dealkylation sites (tertiary alicyclic amines) is 1. The Morgan fingerprint density at radius 2 is 1.76 bits per heavy atom. The minimum Gasteiger partial charge on any atom is -0.477 e. The third-order valence-electron chi connectivity index (χ3n) is 7.15. The van der Waals surface area contributed by atoms with Gasteiger partial charge in [-0.05, 0) is 61.2 Å². The van der Waals surface area contributed by atoms with Crippen molar-refractivity contribution in [1.82, 2.24) is 10.2 Å². The third kappa shape index (κ3) is 6.32. The van der Waals surface area contributed by atoms with Crippen molar-refractivity contribution in [1.29, 1.82) is 0 Å². The van der Waals surface area contributed by atoms with E-state index >= 15 is 0 Å². The molecule has 0 aromatic heterocycles. The van der Waals surface area contributed by atoms with Gasteiger partial charge in [0.05, 0.1) is 18.2 Å². The zero-order valence-corrected chi connectivity index (χ0v) is 22.6. The highest BCUT2D eigenvalue weighted by atomic mass is 35.5. The van der Waals surface area contributed by atoms with E-state index in [1.165, 1.54) is 0 Å². The van der Waals surface area contributed by atoms with E-state index in [1.807, 2.05) is 66.7 Å². The lowest BCUT2D eigenvalue weighted by molar-refractivity contribution is -0.129. The average Bonchev–Trinajstić information content (AvgIpc) is 2.94. The molecule has 1 saturated heterocycles. The van der Waals surface area contributed by atoms with Gasteiger partial charge in [-0.25, -0.2) is 0 Å². The summed E-state index contributed by atoms with van der Waals surface area (Å²) in [6.07, 6.45) is 1.68. The number of hydrogen-bond acceptors (Lipinski definition) is 4. The molecule has 0 radical (unpaired) electrons. The maximum Gasteiger partial charge on any atom is 0.262 e. The van der Waals surface area contributed by atoms with Crippen LogP contribution >= 0.6 is 23.2 Å². The summed E-state index contributed by atoms with van der Waals surface area (Å²) < 4.78 is 6.05. The number of benzene rings is 3. The summed E-state index contributed by atoms with van der Waals surface area (Å²) in [5.41, 5.74) is 2.86. The molecule has 2 heterocycles. The first kappa shape index (κ1) is 26.5. The van der Waals surface area contributed by atoms with E-state index in [2.05, 4.69) is 10.2 Å². The molecule has 5 rings (SSSR count). The monoisotopic (exact) mass is 551 g/mol. The summed E-state index contributed by atoms with van der Waals surface area (Å²) >= 11 is 12.5. The van der Waals surface area contributed by atoms with Crippen LogP contribution in [0.15, 0.2) is 72.8 Å². The fourth-order valence-corrected chi connectivity index (χ4v) is 5.65. The molecule has 1 fully saturated rings. The van der Waals surface area contributed by atoms with Crippen LogP contribution in [-0.2, 0) is 22.6 Å². The Morgan fingerprint density at radius 3 is 2.58 bits per heavy atom. The Hall–Kier alpha value is -3.06. The second kappa shape index (κ2) is 12.2. The van der Waals surface area contributed by atoms with Crippen LogP contribution in [0, 0.1) is 5.92 Å². The van der Waals surface area contributed by atoms with Gasteiger partial charge in [0.15, 0.2) is 6.10 Å². The van der Waals surface area contributed by atoms with Crippen molar-refractivity contribution >= 4 is 40.7 Å². The van der Waals surface area contributed by atoms with E-state index < -0.39 is 6.10 Å². The number of nitrogens with one attached hydrogen (secondary N) is 1. The maximum absolute atomic E-state index is 13.9. The van der Waals surface area contributed by atoms with Gasteiger partial charge in [0.2, 0.25) is 5.91 Å². The predicted molar refractivity (Wildman–Crippen MR) is 151 cm³/mol. The van der Waals surface area contributed by atoms with Gasteiger partial charge in [-0.3, -0.25) is 14.5 Å². The maximum atomic E-state index is 13.9. The highest BCUT2D eigenvalue weighted by molar-refractivity contribution is 6.35. The zero-order valence-electron chi connectivity index (χ0n) is 21.1. The number of piperidine rings is 1. The lowest BCUT2D eigenvalue weighted by Crippen LogP contribution is -2.53. The SMILES string of the molecule is O=C(NCCc1ccccc1)[C@@H]1CN(C(=O)[C@H]2CCCN(Cc3ccc(Cl)cc3Cl)C2)c2ccccc2O1. The van der Waals surface area contributed by atoms with Gasteiger partial charge in [-0.15, -0.1) is 0 Å². The number of carbonyl (C=O) groups is 2.